The van der Waals surface area contributed by atoms with Gasteiger partial charge in [0, 0.05) is 22.6 Å². The predicted octanol–water partition coefficient (Wildman–Crippen LogP) is 4.84. The third kappa shape index (κ3) is 3.49. The molecule has 0 aliphatic rings. The van der Waals surface area contributed by atoms with E-state index in [1.165, 1.54) is 5.56 Å². The Labute approximate surface area is 118 Å². The van der Waals surface area contributed by atoms with E-state index in [2.05, 4.69) is 24.4 Å². The highest BCUT2D eigenvalue weighted by atomic mass is 35.5. The van der Waals surface area contributed by atoms with Gasteiger partial charge in [-0.15, -0.1) is 0 Å². The van der Waals surface area contributed by atoms with Crippen molar-refractivity contribution < 1.29 is 0 Å². The van der Waals surface area contributed by atoms with Gasteiger partial charge in [-0.3, -0.25) is 0 Å². The van der Waals surface area contributed by atoms with E-state index in [4.69, 9.17) is 23.2 Å². The van der Waals surface area contributed by atoms with Gasteiger partial charge < -0.3 is 5.32 Å². The zero-order chi connectivity index (χ0) is 13.0. The molecular formula is C15H15Cl2N. The van der Waals surface area contributed by atoms with E-state index in [9.17, 15) is 0 Å². The van der Waals surface area contributed by atoms with Gasteiger partial charge in [-0.2, -0.15) is 0 Å². The number of hydrogen-bond acceptors (Lipinski definition) is 1. The van der Waals surface area contributed by atoms with Crippen LogP contribution >= 0.6 is 23.2 Å². The first-order valence-corrected chi connectivity index (χ1v) is 6.64. The molecule has 0 aliphatic heterocycles. The number of nitrogens with one attached hydrogen (secondary N) is 1. The van der Waals surface area contributed by atoms with Gasteiger partial charge in [0.15, 0.2) is 0 Å². The molecule has 2 aromatic rings. The fraction of sp³-hybridized carbons (Fsp3) is 0.200. The largest absolute Gasteiger partial charge is 0.306 e. The van der Waals surface area contributed by atoms with Gasteiger partial charge in [-0.05, 0) is 30.2 Å². The molecule has 0 fully saturated rings. The normalized spacial score (nSPS) is 12.4. The lowest BCUT2D eigenvalue weighted by Gasteiger charge is -2.15. The van der Waals surface area contributed by atoms with E-state index in [1.54, 1.807) is 6.07 Å². The highest BCUT2D eigenvalue weighted by Crippen LogP contribution is 2.21. The van der Waals surface area contributed by atoms with Crippen LogP contribution in [0.3, 0.4) is 0 Å². The first kappa shape index (κ1) is 13.4. The highest BCUT2D eigenvalue weighted by Gasteiger charge is 2.06. The van der Waals surface area contributed by atoms with Crippen LogP contribution in [0.25, 0.3) is 0 Å². The molecule has 0 aliphatic carbocycles. The van der Waals surface area contributed by atoms with E-state index in [0.29, 0.717) is 10.0 Å². The molecule has 0 spiro atoms. The fourth-order valence-corrected chi connectivity index (χ4v) is 2.26. The van der Waals surface area contributed by atoms with Crippen molar-refractivity contribution in [3.63, 3.8) is 0 Å². The summed E-state index contributed by atoms with van der Waals surface area (Å²) in [7, 11) is 0. The molecule has 0 heterocycles. The minimum absolute atomic E-state index is 0.290. The second-order valence-electron chi connectivity index (χ2n) is 4.25. The summed E-state index contributed by atoms with van der Waals surface area (Å²) in [5, 5.41) is 4.82. The molecule has 0 bridgehead atoms. The van der Waals surface area contributed by atoms with Crippen molar-refractivity contribution >= 4 is 23.2 Å². The molecule has 2 rings (SSSR count). The molecule has 18 heavy (non-hydrogen) atoms. The predicted molar refractivity (Wildman–Crippen MR) is 78.2 cm³/mol. The Morgan fingerprint density at radius 2 is 1.78 bits per heavy atom. The SMILES string of the molecule is C[C@H](NCc1ccc(Cl)cc1Cl)c1ccccc1. The van der Waals surface area contributed by atoms with Crippen molar-refractivity contribution in [3.05, 3.63) is 69.7 Å². The Hall–Kier alpha value is -1.02. The van der Waals surface area contributed by atoms with Gasteiger partial charge in [0.2, 0.25) is 0 Å². The molecule has 3 heteroatoms. The van der Waals surface area contributed by atoms with Crippen LogP contribution in [0.4, 0.5) is 0 Å². The first-order valence-electron chi connectivity index (χ1n) is 5.89. The van der Waals surface area contributed by atoms with Crippen molar-refractivity contribution in [2.75, 3.05) is 0 Å². The summed E-state index contributed by atoms with van der Waals surface area (Å²) in [6.45, 7) is 2.87. The summed E-state index contributed by atoms with van der Waals surface area (Å²) >= 11 is 12.0. The second-order valence-corrected chi connectivity index (χ2v) is 5.09. The maximum atomic E-state index is 6.13. The van der Waals surface area contributed by atoms with Gasteiger partial charge in [-0.25, -0.2) is 0 Å². The van der Waals surface area contributed by atoms with E-state index in [0.717, 1.165) is 12.1 Å². The smallest absolute Gasteiger partial charge is 0.0465 e. The third-order valence-electron chi connectivity index (χ3n) is 2.91. The third-order valence-corrected chi connectivity index (χ3v) is 3.50. The quantitative estimate of drug-likeness (QED) is 0.844. The Kier molecular flexibility index (Phi) is 4.65. The molecule has 2 aromatic carbocycles. The lowest BCUT2D eigenvalue weighted by atomic mass is 10.1. The monoisotopic (exact) mass is 279 g/mol. The summed E-state index contributed by atoms with van der Waals surface area (Å²) in [6, 6.07) is 16.2. The van der Waals surface area contributed by atoms with Crippen LogP contribution in [0.1, 0.15) is 24.1 Å². The van der Waals surface area contributed by atoms with Crippen LogP contribution in [0.2, 0.25) is 10.0 Å². The van der Waals surface area contributed by atoms with E-state index in [-0.39, 0.29) is 6.04 Å². The average molecular weight is 280 g/mol. The van der Waals surface area contributed by atoms with Crippen molar-refractivity contribution in [2.24, 2.45) is 0 Å². The van der Waals surface area contributed by atoms with Crippen LogP contribution in [-0.2, 0) is 6.54 Å². The van der Waals surface area contributed by atoms with Crippen LogP contribution in [0, 0.1) is 0 Å². The highest BCUT2D eigenvalue weighted by molar-refractivity contribution is 6.35. The first-order chi connectivity index (χ1) is 8.66. The Bertz CT molecular complexity index is 511. The van der Waals surface area contributed by atoms with Crippen LogP contribution in [-0.4, -0.2) is 0 Å². The van der Waals surface area contributed by atoms with E-state index in [1.807, 2.05) is 30.3 Å². The van der Waals surface area contributed by atoms with Gasteiger partial charge in [0.1, 0.15) is 0 Å². The molecule has 1 N–H and O–H groups in total. The molecule has 0 amide bonds. The second kappa shape index (κ2) is 6.24. The molecule has 0 radical (unpaired) electrons. The van der Waals surface area contributed by atoms with Crippen LogP contribution in [0.5, 0.6) is 0 Å². The van der Waals surface area contributed by atoms with Gasteiger partial charge in [0.05, 0.1) is 0 Å². The topological polar surface area (TPSA) is 12.0 Å². The number of benzene rings is 2. The minimum atomic E-state index is 0.290. The fourth-order valence-electron chi connectivity index (χ4n) is 1.79. The number of hydrogen-bond donors (Lipinski definition) is 1. The standard InChI is InChI=1S/C15H15Cl2N/c1-11(12-5-3-2-4-6-12)18-10-13-7-8-14(16)9-15(13)17/h2-9,11,18H,10H2,1H3/t11-/m0/s1. The van der Waals surface area contributed by atoms with Crippen molar-refractivity contribution in [1.82, 2.24) is 5.32 Å². The summed E-state index contributed by atoms with van der Waals surface area (Å²) in [4.78, 5) is 0. The molecule has 1 atom stereocenters. The van der Waals surface area contributed by atoms with Gasteiger partial charge in [-0.1, -0.05) is 59.6 Å². The summed E-state index contributed by atoms with van der Waals surface area (Å²) in [5.74, 6) is 0. The number of halogens is 2. The van der Waals surface area contributed by atoms with E-state index < -0.39 is 0 Å². The number of rotatable bonds is 4. The molecule has 0 saturated carbocycles. The summed E-state index contributed by atoms with van der Waals surface area (Å²) < 4.78 is 0. The van der Waals surface area contributed by atoms with E-state index >= 15 is 0 Å². The molecule has 1 nitrogen and oxygen atoms in total. The van der Waals surface area contributed by atoms with Gasteiger partial charge in [0.25, 0.3) is 0 Å². The van der Waals surface area contributed by atoms with Crippen LogP contribution < -0.4 is 5.32 Å². The molecule has 0 saturated heterocycles. The Morgan fingerprint density at radius 1 is 1.06 bits per heavy atom. The van der Waals surface area contributed by atoms with Gasteiger partial charge >= 0.3 is 0 Å². The molecule has 0 aromatic heterocycles. The Morgan fingerprint density at radius 3 is 2.44 bits per heavy atom. The maximum Gasteiger partial charge on any atom is 0.0465 e. The Balaban J connectivity index is 1.99. The molecule has 0 unspecified atom stereocenters. The minimum Gasteiger partial charge on any atom is -0.306 e. The zero-order valence-corrected chi connectivity index (χ0v) is 11.7. The van der Waals surface area contributed by atoms with Crippen LogP contribution in [0.15, 0.2) is 48.5 Å². The van der Waals surface area contributed by atoms with Crippen molar-refractivity contribution in [1.29, 1.82) is 0 Å². The van der Waals surface area contributed by atoms with Crippen molar-refractivity contribution in [3.8, 4) is 0 Å². The summed E-state index contributed by atoms with van der Waals surface area (Å²) in [6.07, 6.45) is 0. The van der Waals surface area contributed by atoms with Crippen molar-refractivity contribution in [2.45, 2.75) is 19.5 Å². The maximum absolute atomic E-state index is 6.13. The molecular weight excluding hydrogens is 265 g/mol. The zero-order valence-electron chi connectivity index (χ0n) is 10.2. The lowest BCUT2D eigenvalue weighted by Crippen LogP contribution is -2.18. The molecule has 94 valence electrons. The summed E-state index contributed by atoms with van der Waals surface area (Å²) in [5.41, 5.74) is 2.33. The average Bonchev–Trinajstić information content (AvgIpc) is 2.38. The lowest BCUT2D eigenvalue weighted by molar-refractivity contribution is 0.575.